The first-order valence-corrected chi connectivity index (χ1v) is 12.0. The van der Waals surface area contributed by atoms with E-state index in [4.69, 9.17) is 13.9 Å². The first-order valence-electron chi connectivity index (χ1n) is 12.0. The van der Waals surface area contributed by atoms with Gasteiger partial charge in [0.1, 0.15) is 0 Å². The van der Waals surface area contributed by atoms with Crippen molar-refractivity contribution in [3.8, 4) is 5.75 Å². The van der Waals surface area contributed by atoms with Crippen LogP contribution in [0.4, 0.5) is 0 Å². The Kier molecular flexibility index (Phi) is 6.11. The Balaban J connectivity index is 1.57. The third-order valence-corrected chi connectivity index (χ3v) is 6.84. The first-order chi connectivity index (χ1) is 16.9. The van der Waals surface area contributed by atoms with Gasteiger partial charge in [-0.15, -0.1) is 0 Å². The number of carbonyl (C=O) groups excluding carboxylic acids is 2. The number of fused-ring (bicyclic) bond motifs is 1. The van der Waals surface area contributed by atoms with Crippen molar-refractivity contribution >= 4 is 22.7 Å². The van der Waals surface area contributed by atoms with E-state index in [0.717, 1.165) is 24.0 Å². The van der Waals surface area contributed by atoms with Crippen molar-refractivity contribution < 1.29 is 28.6 Å². The fraction of sp³-hybridized carbons (Fsp3) is 0.357. The van der Waals surface area contributed by atoms with Crippen LogP contribution >= 0.6 is 0 Å². The summed E-state index contributed by atoms with van der Waals surface area (Å²) >= 11 is 0. The number of carbonyl (C=O) groups is 2. The Morgan fingerprint density at radius 1 is 1.20 bits per heavy atom. The summed E-state index contributed by atoms with van der Waals surface area (Å²) < 4.78 is 17.0. The van der Waals surface area contributed by atoms with Crippen LogP contribution < -0.4 is 4.74 Å². The second-order valence-corrected chi connectivity index (χ2v) is 9.40. The highest BCUT2D eigenvalue weighted by atomic mass is 16.5. The number of ether oxygens (including phenoxy) is 2. The first kappa shape index (κ1) is 23.2. The van der Waals surface area contributed by atoms with Crippen LogP contribution in [0.3, 0.4) is 0 Å². The van der Waals surface area contributed by atoms with Crippen LogP contribution in [-0.4, -0.2) is 48.1 Å². The lowest BCUT2D eigenvalue weighted by Crippen LogP contribution is -2.37. The van der Waals surface area contributed by atoms with E-state index in [-0.39, 0.29) is 17.4 Å². The summed E-state index contributed by atoms with van der Waals surface area (Å²) in [4.78, 5) is 28.5. The molecule has 0 aliphatic carbocycles. The number of amides is 1. The summed E-state index contributed by atoms with van der Waals surface area (Å²) in [5.41, 5.74) is 2.36. The van der Waals surface area contributed by atoms with Gasteiger partial charge in [0, 0.05) is 18.5 Å². The van der Waals surface area contributed by atoms with Crippen LogP contribution in [0.1, 0.15) is 60.3 Å². The van der Waals surface area contributed by atoms with E-state index in [1.165, 1.54) is 7.11 Å². The minimum atomic E-state index is -0.740. The Hall–Kier alpha value is -3.58. The monoisotopic (exact) mass is 475 g/mol. The number of aliphatic hydroxyl groups is 1. The number of hydrogen-bond donors (Lipinski definition) is 1. The van der Waals surface area contributed by atoms with Crippen LogP contribution in [0.5, 0.6) is 5.75 Å². The lowest BCUT2D eigenvalue weighted by Gasteiger charge is -2.29. The summed E-state index contributed by atoms with van der Waals surface area (Å²) in [5, 5.41) is 11.6. The molecule has 0 saturated carbocycles. The predicted molar refractivity (Wildman–Crippen MR) is 131 cm³/mol. The quantitative estimate of drug-likeness (QED) is 0.465. The van der Waals surface area contributed by atoms with Crippen LogP contribution in [0.2, 0.25) is 0 Å². The van der Waals surface area contributed by atoms with Crippen molar-refractivity contribution in [1.29, 1.82) is 0 Å². The van der Waals surface area contributed by atoms with Gasteiger partial charge in [-0.1, -0.05) is 50.2 Å². The largest absolute Gasteiger partial charge is 0.503 e. The molecule has 2 aliphatic heterocycles. The summed E-state index contributed by atoms with van der Waals surface area (Å²) in [7, 11) is 1.53. The minimum Gasteiger partial charge on any atom is -0.503 e. The van der Waals surface area contributed by atoms with E-state index >= 15 is 0 Å². The van der Waals surface area contributed by atoms with Gasteiger partial charge >= 0.3 is 0 Å². The number of para-hydroxylation sites is 1. The topological polar surface area (TPSA) is 89.2 Å². The van der Waals surface area contributed by atoms with Crippen molar-refractivity contribution in [2.24, 2.45) is 0 Å². The number of Topliss-reactive ketones (excluding diaryl/α,β-unsaturated/α-hetero) is 1. The van der Waals surface area contributed by atoms with Gasteiger partial charge in [-0.3, -0.25) is 9.59 Å². The van der Waals surface area contributed by atoms with E-state index in [2.05, 4.69) is 13.8 Å². The summed E-state index contributed by atoms with van der Waals surface area (Å²) in [6.07, 6.45) is 1.62. The second-order valence-electron chi connectivity index (χ2n) is 9.40. The van der Waals surface area contributed by atoms with E-state index < -0.39 is 23.5 Å². The molecule has 3 aromatic rings. The number of hydrogen-bond acceptors (Lipinski definition) is 6. The van der Waals surface area contributed by atoms with Gasteiger partial charge < -0.3 is 23.9 Å². The van der Waals surface area contributed by atoms with E-state index in [0.29, 0.717) is 35.8 Å². The molecule has 1 saturated heterocycles. The van der Waals surface area contributed by atoms with Crippen LogP contribution in [0.25, 0.3) is 11.0 Å². The zero-order valence-corrected chi connectivity index (χ0v) is 20.1. The highest BCUT2D eigenvalue weighted by Gasteiger charge is 2.45. The molecule has 2 atom stereocenters. The normalized spacial score (nSPS) is 20.5. The molecule has 0 spiro atoms. The molecular formula is C28H29NO6. The van der Waals surface area contributed by atoms with Crippen LogP contribution in [-0.2, 0) is 9.53 Å². The molecule has 1 fully saturated rings. The molecule has 7 heteroatoms. The van der Waals surface area contributed by atoms with Crippen LogP contribution in [0, 0.1) is 0 Å². The number of aliphatic hydroxyl groups excluding tert-OH is 1. The Labute approximate surface area is 203 Å². The Morgan fingerprint density at radius 3 is 2.63 bits per heavy atom. The van der Waals surface area contributed by atoms with Gasteiger partial charge in [0.15, 0.2) is 22.9 Å². The van der Waals surface area contributed by atoms with E-state index in [9.17, 15) is 14.7 Å². The maximum absolute atomic E-state index is 13.8. The molecule has 1 N–H and O–H groups in total. The number of furan rings is 1. The molecule has 1 aromatic heterocycles. The van der Waals surface area contributed by atoms with Crippen molar-refractivity contribution in [3.63, 3.8) is 0 Å². The number of methoxy groups -OCH3 is 1. The number of benzene rings is 2. The Bertz CT molecular complexity index is 1300. The van der Waals surface area contributed by atoms with Gasteiger partial charge in [0.25, 0.3) is 5.91 Å². The highest BCUT2D eigenvalue weighted by Crippen LogP contribution is 2.41. The summed E-state index contributed by atoms with van der Waals surface area (Å²) in [6.45, 7) is 5.15. The molecule has 0 radical (unpaired) electrons. The molecule has 35 heavy (non-hydrogen) atoms. The average molecular weight is 476 g/mol. The molecule has 182 valence electrons. The fourth-order valence-corrected chi connectivity index (χ4v) is 4.93. The smallest absolute Gasteiger partial charge is 0.290 e. The third-order valence-electron chi connectivity index (χ3n) is 6.84. The van der Waals surface area contributed by atoms with Gasteiger partial charge in [-0.2, -0.15) is 0 Å². The summed E-state index contributed by atoms with van der Waals surface area (Å²) in [5.74, 6) is -0.756. The Morgan fingerprint density at radius 2 is 1.97 bits per heavy atom. The third kappa shape index (κ3) is 4.10. The number of ketones is 1. The van der Waals surface area contributed by atoms with Crippen molar-refractivity contribution in [2.75, 3.05) is 20.3 Å². The van der Waals surface area contributed by atoms with Gasteiger partial charge in [-0.25, -0.2) is 0 Å². The van der Waals surface area contributed by atoms with Crippen molar-refractivity contribution in [2.45, 2.75) is 44.8 Å². The minimum absolute atomic E-state index is 0.0170. The molecule has 0 bridgehead atoms. The van der Waals surface area contributed by atoms with E-state index in [1.807, 2.05) is 36.4 Å². The maximum Gasteiger partial charge on any atom is 0.290 e. The maximum atomic E-state index is 13.8. The molecule has 2 unspecified atom stereocenters. The fourth-order valence-electron chi connectivity index (χ4n) is 4.93. The molecular weight excluding hydrogens is 446 g/mol. The molecule has 3 heterocycles. The molecule has 7 nitrogen and oxygen atoms in total. The van der Waals surface area contributed by atoms with Crippen molar-refractivity contribution in [3.05, 3.63) is 76.8 Å². The predicted octanol–water partition coefficient (Wildman–Crippen LogP) is 5.32. The number of nitrogens with zero attached hydrogens (tertiary/aromatic N) is 1. The summed E-state index contributed by atoms with van der Waals surface area (Å²) in [6, 6.07) is 14.1. The molecule has 2 aromatic carbocycles. The zero-order valence-electron chi connectivity index (χ0n) is 20.1. The standard InChI is InChI=1S/C28H29NO6/c1-16(2)17-9-11-18(12-10-17)24-23(26(31)28(32)29(24)15-20-7-5-13-34-20)25(30)22-14-19-6-4-8-21(33-3)27(19)35-22/h4,6,8-12,14,16,20,24,31H,5,7,13,15H2,1-3H3. The van der Waals surface area contributed by atoms with E-state index in [1.54, 1.807) is 17.0 Å². The highest BCUT2D eigenvalue weighted by molar-refractivity contribution is 6.16. The second kappa shape index (κ2) is 9.23. The zero-order chi connectivity index (χ0) is 24.7. The number of rotatable bonds is 7. The lowest BCUT2D eigenvalue weighted by atomic mass is 9.92. The SMILES string of the molecule is COc1cccc2cc(C(=O)C3=C(O)C(=O)N(CC4CCCO4)C3c3ccc(C(C)C)cc3)oc12. The average Bonchev–Trinajstić information content (AvgIpc) is 3.59. The lowest BCUT2D eigenvalue weighted by molar-refractivity contribution is -0.131. The van der Waals surface area contributed by atoms with Gasteiger partial charge in [0.2, 0.25) is 5.78 Å². The molecule has 5 rings (SSSR count). The molecule has 2 aliphatic rings. The van der Waals surface area contributed by atoms with Crippen molar-refractivity contribution in [1.82, 2.24) is 4.90 Å². The van der Waals surface area contributed by atoms with Gasteiger partial charge in [0.05, 0.1) is 24.8 Å². The van der Waals surface area contributed by atoms with Crippen LogP contribution in [0.15, 0.2) is 64.3 Å². The molecule has 1 amide bonds. The van der Waals surface area contributed by atoms with Gasteiger partial charge in [-0.05, 0) is 42.0 Å².